The molecule has 3 nitrogen and oxygen atoms in total. The molecule has 0 aliphatic carbocycles. The minimum absolute atomic E-state index is 0.00979. The molecule has 4 heteroatoms. The Bertz CT molecular complexity index is 2360. The van der Waals surface area contributed by atoms with Crippen molar-refractivity contribution < 1.29 is 4.39 Å². The average molecular weight is 624 g/mol. The summed E-state index contributed by atoms with van der Waals surface area (Å²) >= 11 is 0. The summed E-state index contributed by atoms with van der Waals surface area (Å²) in [6.07, 6.45) is 0. The number of nitrogens with zero attached hydrogens (tertiary/aromatic N) is 3. The highest BCUT2D eigenvalue weighted by Gasteiger charge is 2.19. The van der Waals surface area contributed by atoms with Crippen LogP contribution < -0.4 is 0 Å². The molecule has 0 amide bonds. The normalized spacial score (nSPS) is 11.8. The van der Waals surface area contributed by atoms with Crippen LogP contribution in [-0.4, -0.2) is 14.5 Å². The van der Waals surface area contributed by atoms with Crippen molar-refractivity contribution in [3.05, 3.63) is 163 Å². The van der Waals surface area contributed by atoms with Crippen LogP contribution in [0.3, 0.4) is 0 Å². The summed E-state index contributed by atoms with van der Waals surface area (Å²) in [5, 5.41) is 1.98. The molecular weight excluding hydrogens is 590 g/mol. The van der Waals surface area contributed by atoms with Gasteiger partial charge in [0, 0.05) is 33.2 Å². The third kappa shape index (κ3) is 5.46. The Morgan fingerprint density at radius 2 is 1.06 bits per heavy atom. The van der Waals surface area contributed by atoms with Gasteiger partial charge in [0.05, 0.1) is 22.4 Å². The lowest BCUT2D eigenvalue weighted by molar-refractivity contribution is 0.591. The number of fused-ring (bicyclic) bond motifs is 3. The molecule has 0 spiro atoms. The first-order chi connectivity index (χ1) is 23.3. The maximum Gasteiger partial charge on any atom is 0.160 e. The fourth-order valence-corrected chi connectivity index (χ4v) is 6.47. The molecule has 0 fully saturated rings. The second-order valence-electron chi connectivity index (χ2n) is 13.3. The average Bonchev–Trinajstić information content (AvgIpc) is 3.45. The second kappa shape index (κ2) is 11.7. The summed E-state index contributed by atoms with van der Waals surface area (Å²) in [4.78, 5) is 9.97. The predicted octanol–water partition coefficient (Wildman–Crippen LogP) is 11.7. The number of halogens is 1. The monoisotopic (exact) mass is 623 g/mol. The molecular formula is C44H34FN3. The lowest BCUT2D eigenvalue weighted by Gasteiger charge is -2.19. The molecule has 8 rings (SSSR count). The number of benzene rings is 6. The standard InChI is InChI=1S/C44H34FN3/c1-44(2,3)34-19-23-41-37(26-34)38-27-35(45)20-24-42(38)48(41)36-21-17-29(18-22-36)32-15-10-16-33(25-32)40-28-39(30-11-6-4-7-12-30)46-43(47-40)31-13-8-5-9-14-31/h4-28H,1-3H3. The molecule has 0 bridgehead atoms. The van der Waals surface area contributed by atoms with Crippen LogP contribution in [0.4, 0.5) is 4.39 Å². The molecule has 8 aromatic rings. The molecule has 0 saturated heterocycles. The van der Waals surface area contributed by atoms with Crippen molar-refractivity contribution in [3.8, 4) is 50.7 Å². The molecule has 0 saturated carbocycles. The van der Waals surface area contributed by atoms with E-state index in [0.717, 1.165) is 66.7 Å². The van der Waals surface area contributed by atoms with Gasteiger partial charge in [0.2, 0.25) is 0 Å². The molecule has 48 heavy (non-hydrogen) atoms. The topological polar surface area (TPSA) is 30.7 Å². The van der Waals surface area contributed by atoms with Gasteiger partial charge >= 0.3 is 0 Å². The molecule has 232 valence electrons. The lowest BCUT2D eigenvalue weighted by Crippen LogP contribution is -2.10. The lowest BCUT2D eigenvalue weighted by atomic mass is 9.86. The SMILES string of the molecule is CC(C)(C)c1ccc2c(c1)c1cc(F)ccc1n2-c1ccc(-c2cccc(-c3cc(-c4ccccc4)nc(-c4ccccc4)n3)c2)cc1. The Labute approximate surface area is 280 Å². The van der Waals surface area contributed by atoms with Gasteiger partial charge in [-0.2, -0.15) is 0 Å². The number of hydrogen-bond donors (Lipinski definition) is 0. The van der Waals surface area contributed by atoms with Crippen molar-refractivity contribution >= 4 is 21.8 Å². The molecule has 2 heterocycles. The third-order valence-electron chi connectivity index (χ3n) is 9.04. The molecule has 0 radical (unpaired) electrons. The Morgan fingerprint density at radius 1 is 0.479 bits per heavy atom. The summed E-state index contributed by atoms with van der Waals surface area (Å²) in [5.74, 6) is 0.468. The highest BCUT2D eigenvalue weighted by Crippen LogP contribution is 2.36. The predicted molar refractivity (Wildman–Crippen MR) is 197 cm³/mol. The Balaban J connectivity index is 1.20. The summed E-state index contributed by atoms with van der Waals surface area (Å²) in [6.45, 7) is 6.62. The summed E-state index contributed by atoms with van der Waals surface area (Å²) in [7, 11) is 0. The Hall–Kier alpha value is -5.87. The first-order valence-corrected chi connectivity index (χ1v) is 16.3. The van der Waals surface area contributed by atoms with Crippen LogP contribution in [0, 0.1) is 5.82 Å². The number of aromatic nitrogens is 3. The van der Waals surface area contributed by atoms with E-state index in [0.29, 0.717) is 5.82 Å². The van der Waals surface area contributed by atoms with E-state index >= 15 is 0 Å². The fourth-order valence-electron chi connectivity index (χ4n) is 6.47. The minimum atomic E-state index is -0.228. The third-order valence-corrected chi connectivity index (χ3v) is 9.04. The molecule has 2 aromatic heterocycles. The molecule has 0 atom stereocenters. The zero-order valence-corrected chi connectivity index (χ0v) is 27.2. The second-order valence-corrected chi connectivity index (χ2v) is 13.3. The van der Waals surface area contributed by atoms with Crippen molar-refractivity contribution in [2.45, 2.75) is 26.2 Å². The minimum Gasteiger partial charge on any atom is -0.309 e. The summed E-state index contributed by atoms with van der Waals surface area (Å²) in [5.41, 5.74) is 11.3. The van der Waals surface area contributed by atoms with E-state index in [1.807, 2.05) is 54.6 Å². The fraction of sp³-hybridized carbons (Fsp3) is 0.0909. The van der Waals surface area contributed by atoms with Gasteiger partial charge in [0.25, 0.3) is 0 Å². The van der Waals surface area contributed by atoms with Crippen LogP contribution in [0.1, 0.15) is 26.3 Å². The molecule has 6 aromatic carbocycles. The van der Waals surface area contributed by atoms with Crippen molar-refractivity contribution in [2.24, 2.45) is 0 Å². The maximum atomic E-state index is 14.5. The van der Waals surface area contributed by atoms with Crippen molar-refractivity contribution in [3.63, 3.8) is 0 Å². The van der Waals surface area contributed by atoms with Gasteiger partial charge in [-0.15, -0.1) is 0 Å². The van der Waals surface area contributed by atoms with Gasteiger partial charge in [-0.25, -0.2) is 14.4 Å². The quantitative estimate of drug-likeness (QED) is 0.191. The highest BCUT2D eigenvalue weighted by atomic mass is 19.1. The van der Waals surface area contributed by atoms with E-state index in [1.165, 1.54) is 5.56 Å². The zero-order valence-electron chi connectivity index (χ0n) is 27.2. The van der Waals surface area contributed by atoms with Crippen LogP contribution >= 0.6 is 0 Å². The van der Waals surface area contributed by atoms with Crippen LogP contribution in [0.2, 0.25) is 0 Å². The largest absolute Gasteiger partial charge is 0.309 e. The van der Waals surface area contributed by atoms with Crippen molar-refractivity contribution in [1.82, 2.24) is 14.5 Å². The smallest absolute Gasteiger partial charge is 0.160 e. The van der Waals surface area contributed by atoms with Crippen LogP contribution in [-0.2, 0) is 5.41 Å². The molecule has 0 unspecified atom stereocenters. The van der Waals surface area contributed by atoms with E-state index in [2.05, 4.69) is 110 Å². The van der Waals surface area contributed by atoms with Gasteiger partial charge in [-0.3, -0.25) is 0 Å². The molecule has 0 N–H and O–H groups in total. The zero-order chi connectivity index (χ0) is 32.8. The van der Waals surface area contributed by atoms with Crippen LogP contribution in [0.5, 0.6) is 0 Å². The van der Waals surface area contributed by atoms with Crippen molar-refractivity contribution in [1.29, 1.82) is 0 Å². The Kier molecular flexibility index (Phi) is 7.22. The first-order valence-electron chi connectivity index (χ1n) is 16.3. The van der Waals surface area contributed by atoms with E-state index in [9.17, 15) is 4.39 Å². The van der Waals surface area contributed by atoms with E-state index < -0.39 is 0 Å². The van der Waals surface area contributed by atoms with E-state index in [-0.39, 0.29) is 11.2 Å². The van der Waals surface area contributed by atoms with Gasteiger partial charge in [-0.1, -0.05) is 118 Å². The first kappa shape index (κ1) is 29.5. The van der Waals surface area contributed by atoms with Gasteiger partial charge in [-0.05, 0) is 76.7 Å². The maximum absolute atomic E-state index is 14.5. The molecule has 0 aliphatic rings. The van der Waals surface area contributed by atoms with Crippen LogP contribution in [0.25, 0.3) is 72.5 Å². The van der Waals surface area contributed by atoms with Gasteiger partial charge < -0.3 is 4.57 Å². The Morgan fingerprint density at radius 3 is 1.75 bits per heavy atom. The van der Waals surface area contributed by atoms with Gasteiger partial charge in [0.1, 0.15) is 5.82 Å². The summed E-state index contributed by atoms with van der Waals surface area (Å²) in [6, 6.07) is 51.2. The molecule has 0 aliphatic heterocycles. The number of hydrogen-bond acceptors (Lipinski definition) is 2. The van der Waals surface area contributed by atoms with Crippen molar-refractivity contribution in [2.75, 3.05) is 0 Å². The van der Waals surface area contributed by atoms with E-state index in [4.69, 9.17) is 9.97 Å². The van der Waals surface area contributed by atoms with E-state index in [1.54, 1.807) is 12.1 Å². The summed E-state index contributed by atoms with van der Waals surface area (Å²) < 4.78 is 16.7. The highest BCUT2D eigenvalue weighted by molar-refractivity contribution is 6.09. The van der Waals surface area contributed by atoms with Gasteiger partial charge in [0.15, 0.2) is 5.82 Å². The number of rotatable bonds is 5. The van der Waals surface area contributed by atoms with Crippen LogP contribution in [0.15, 0.2) is 152 Å².